The van der Waals surface area contributed by atoms with E-state index in [0.29, 0.717) is 34.2 Å². The van der Waals surface area contributed by atoms with Gasteiger partial charge in [-0.3, -0.25) is 4.79 Å². The first-order valence-corrected chi connectivity index (χ1v) is 10.2. The van der Waals surface area contributed by atoms with Gasteiger partial charge < -0.3 is 9.47 Å². The molecule has 0 radical (unpaired) electrons. The molecule has 0 spiro atoms. The third-order valence-corrected chi connectivity index (χ3v) is 3.09. The second kappa shape index (κ2) is 21.8. The Bertz CT molecular complexity index is 818. The van der Waals surface area contributed by atoms with Gasteiger partial charge in [0, 0.05) is 11.1 Å². The van der Waals surface area contributed by atoms with E-state index < -0.39 is 0 Å². The Balaban J connectivity index is -0.00000129. The molecule has 1 aromatic rings. The number of rotatable bonds is 11. The van der Waals surface area contributed by atoms with Crippen molar-refractivity contribution < 1.29 is 14.3 Å². The van der Waals surface area contributed by atoms with Crippen LogP contribution < -0.4 is 4.74 Å². The summed E-state index contributed by atoms with van der Waals surface area (Å²) in [7, 11) is 0. The van der Waals surface area contributed by atoms with Crippen molar-refractivity contribution in [1.82, 2.24) is 0 Å². The highest BCUT2D eigenvalue weighted by atomic mass is 16.5. The SMILES string of the molecule is C=C.C=C/C=C(\C=C)Oc1ccc(C(=O)C(=C)/C=C\C(=C)OC(=C)C=C)cc1.CC.CC. The Morgan fingerprint density at radius 2 is 1.34 bits per heavy atom. The number of carbonyl (C=O) groups excluding carboxylic acids is 1. The van der Waals surface area contributed by atoms with E-state index in [1.807, 2.05) is 27.7 Å². The van der Waals surface area contributed by atoms with Gasteiger partial charge in [-0.15, -0.1) is 13.2 Å². The second-order valence-electron chi connectivity index (χ2n) is 5.06. The maximum absolute atomic E-state index is 12.4. The number of Topliss-reactive ketones (excluding diaryl/α,β-unsaturated/α-hetero) is 1. The summed E-state index contributed by atoms with van der Waals surface area (Å²) in [5, 5.41) is 0. The summed E-state index contributed by atoms with van der Waals surface area (Å²) in [6, 6.07) is 6.72. The molecular formula is C29H38O3. The van der Waals surface area contributed by atoms with Crippen LogP contribution in [0.3, 0.4) is 0 Å². The first-order valence-electron chi connectivity index (χ1n) is 10.2. The van der Waals surface area contributed by atoms with Gasteiger partial charge in [-0.05, 0) is 54.6 Å². The zero-order valence-corrected chi connectivity index (χ0v) is 20.2. The Morgan fingerprint density at radius 1 is 0.812 bits per heavy atom. The van der Waals surface area contributed by atoms with Crippen LogP contribution in [0.4, 0.5) is 0 Å². The lowest BCUT2D eigenvalue weighted by Gasteiger charge is -2.07. The van der Waals surface area contributed by atoms with Gasteiger partial charge in [-0.25, -0.2) is 0 Å². The lowest BCUT2D eigenvalue weighted by atomic mass is 10.0. The molecule has 0 saturated heterocycles. The molecule has 0 N–H and O–H groups in total. The fourth-order valence-corrected chi connectivity index (χ4v) is 1.77. The maximum Gasteiger partial charge on any atom is 0.192 e. The summed E-state index contributed by atoms with van der Waals surface area (Å²) in [4.78, 5) is 12.4. The van der Waals surface area contributed by atoms with E-state index in [1.165, 1.54) is 12.2 Å². The molecule has 1 aromatic carbocycles. The number of ether oxygens (including phenoxy) is 2. The van der Waals surface area contributed by atoms with Crippen LogP contribution in [0.2, 0.25) is 0 Å². The third kappa shape index (κ3) is 14.2. The number of hydrogen-bond donors (Lipinski definition) is 0. The van der Waals surface area contributed by atoms with Crippen LogP contribution in [-0.2, 0) is 4.74 Å². The van der Waals surface area contributed by atoms with Gasteiger partial charge in [-0.2, -0.15) is 0 Å². The first-order chi connectivity index (χ1) is 15.4. The number of benzene rings is 1. The van der Waals surface area contributed by atoms with Crippen LogP contribution in [0.5, 0.6) is 5.75 Å². The molecule has 0 aliphatic heterocycles. The lowest BCUT2D eigenvalue weighted by molar-refractivity contribution is 0.103. The highest BCUT2D eigenvalue weighted by molar-refractivity contribution is 6.10. The van der Waals surface area contributed by atoms with Gasteiger partial charge >= 0.3 is 0 Å². The van der Waals surface area contributed by atoms with Crippen molar-refractivity contribution >= 4 is 5.78 Å². The molecule has 0 fully saturated rings. The van der Waals surface area contributed by atoms with Crippen LogP contribution in [0, 0.1) is 0 Å². The van der Waals surface area contributed by atoms with Crippen molar-refractivity contribution in [3.05, 3.63) is 142 Å². The zero-order chi connectivity index (χ0) is 25.5. The van der Waals surface area contributed by atoms with Crippen LogP contribution in [0.1, 0.15) is 38.1 Å². The summed E-state index contributed by atoms with van der Waals surface area (Å²) in [5.74, 6) is 1.63. The van der Waals surface area contributed by atoms with Crippen molar-refractivity contribution in [3.8, 4) is 5.75 Å². The number of hydrogen-bond acceptors (Lipinski definition) is 3. The molecule has 0 saturated carbocycles. The van der Waals surface area contributed by atoms with Gasteiger partial charge in [0.15, 0.2) is 5.78 Å². The normalized spacial score (nSPS) is 9.19. The van der Waals surface area contributed by atoms with Gasteiger partial charge in [-0.1, -0.05) is 73.2 Å². The smallest absolute Gasteiger partial charge is 0.192 e. The van der Waals surface area contributed by atoms with Crippen molar-refractivity contribution in [3.63, 3.8) is 0 Å². The maximum atomic E-state index is 12.4. The number of carbonyl (C=O) groups is 1. The average molecular weight is 435 g/mol. The predicted octanol–water partition coefficient (Wildman–Crippen LogP) is 8.70. The Kier molecular flexibility index (Phi) is 22.4. The van der Waals surface area contributed by atoms with Crippen molar-refractivity contribution in [2.75, 3.05) is 0 Å². The minimum absolute atomic E-state index is 0.214. The van der Waals surface area contributed by atoms with E-state index in [1.54, 1.807) is 48.6 Å². The molecule has 1 rings (SSSR count). The van der Waals surface area contributed by atoms with E-state index >= 15 is 0 Å². The summed E-state index contributed by atoms with van der Waals surface area (Å²) in [6.07, 6.45) is 9.41. The molecule has 3 nitrogen and oxygen atoms in total. The monoisotopic (exact) mass is 434 g/mol. The minimum atomic E-state index is -0.214. The number of allylic oxidation sites excluding steroid dienone is 7. The van der Waals surface area contributed by atoms with Crippen LogP contribution in [0.25, 0.3) is 0 Å². The standard InChI is InChI=1S/C23H22O3.2C2H6.C2H4/c1-7-10-21(9-3)26-22-15-13-20(14-16-22)23(24)17(4)11-12-19(6)25-18(5)8-2;3*1-2/h7-16H,1-6H2;2*1-2H3;1-2H2/b12-11-,21-10+;;;. The van der Waals surface area contributed by atoms with Gasteiger partial charge in [0.2, 0.25) is 0 Å². The largest absolute Gasteiger partial charge is 0.459 e. The molecule has 3 heteroatoms. The van der Waals surface area contributed by atoms with Crippen LogP contribution >= 0.6 is 0 Å². The van der Waals surface area contributed by atoms with E-state index in [2.05, 4.69) is 52.6 Å². The van der Waals surface area contributed by atoms with E-state index in [0.717, 1.165) is 0 Å². The van der Waals surface area contributed by atoms with Crippen molar-refractivity contribution in [2.24, 2.45) is 0 Å². The molecule has 0 amide bonds. The molecule has 0 unspecified atom stereocenters. The van der Waals surface area contributed by atoms with Crippen LogP contribution in [-0.4, -0.2) is 5.78 Å². The molecule has 0 heterocycles. The summed E-state index contributed by atoms with van der Waals surface area (Å²) in [6.45, 7) is 35.9. The van der Waals surface area contributed by atoms with E-state index in [9.17, 15) is 4.79 Å². The highest BCUT2D eigenvalue weighted by Crippen LogP contribution is 2.18. The highest BCUT2D eigenvalue weighted by Gasteiger charge is 2.08. The topological polar surface area (TPSA) is 35.5 Å². The summed E-state index contributed by atoms with van der Waals surface area (Å²) >= 11 is 0. The van der Waals surface area contributed by atoms with Crippen molar-refractivity contribution in [2.45, 2.75) is 27.7 Å². The molecule has 0 atom stereocenters. The molecule has 0 aromatic heterocycles. The van der Waals surface area contributed by atoms with Crippen LogP contribution in [0.15, 0.2) is 136 Å². The number of ketones is 1. The third-order valence-electron chi connectivity index (χ3n) is 3.09. The fourth-order valence-electron chi connectivity index (χ4n) is 1.77. The zero-order valence-electron chi connectivity index (χ0n) is 20.2. The quantitative estimate of drug-likeness (QED) is 0.115. The lowest BCUT2D eigenvalue weighted by Crippen LogP contribution is -2.01. The second-order valence-corrected chi connectivity index (χ2v) is 5.06. The molecule has 172 valence electrons. The fraction of sp³-hybridized carbons (Fsp3) is 0.138. The Hall–Kier alpha value is -3.85. The molecule has 32 heavy (non-hydrogen) atoms. The average Bonchev–Trinajstić information content (AvgIpc) is 2.85. The first kappa shape index (κ1) is 32.8. The Labute approximate surface area is 195 Å². The molecular weight excluding hydrogens is 396 g/mol. The van der Waals surface area contributed by atoms with Gasteiger partial charge in [0.1, 0.15) is 23.0 Å². The van der Waals surface area contributed by atoms with Gasteiger partial charge in [0.25, 0.3) is 0 Å². The molecule has 0 bridgehead atoms. The predicted molar refractivity (Wildman–Crippen MR) is 142 cm³/mol. The van der Waals surface area contributed by atoms with Gasteiger partial charge in [0.05, 0.1) is 0 Å². The molecule has 0 aliphatic rings. The molecule has 0 aliphatic carbocycles. The summed E-state index contributed by atoms with van der Waals surface area (Å²) in [5.41, 5.74) is 0.785. The minimum Gasteiger partial charge on any atom is -0.459 e. The Morgan fingerprint density at radius 3 is 1.78 bits per heavy atom. The van der Waals surface area contributed by atoms with Crippen molar-refractivity contribution in [1.29, 1.82) is 0 Å². The van der Waals surface area contributed by atoms with E-state index in [-0.39, 0.29) is 5.78 Å². The van der Waals surface area contributed by atoms with E-state index in [4.69, 9.17) is 9.47 Å². The summed E-state index contributed by atoms with van der Waals surface area (Å²) < 4.78 is 10.8.